The predicted octanol–water partition coefficient (Wildman–Crippen LogP) is 5.76. The maximum atomic E-state index is 12.9. The topological polar surface area (TPSA) is 32.7 Å². The normalized spacial score (nSPS) is 14.4. The van der Waals surface area contributed by atoms with Gasteiger partial charge in [0.15, 0.2) is 5.17 Å². The van der Waals surface area contributed by atoms with E-state index in [0.717, 1.165) is 17.7 Å². The molecular weight excluding hydrogens is 420 g/mol. The first-order chi connectivity index (χ1) is 12.8. The summed E-state index contributed by atoms with van der Waals surface area (Å²) in [4.78, 5) is 18.4. The highest BCUT2D eigenvalue weighted by Gasteiger charge is 2.32. The van der Waals surface area contributed by atoms with Gasteiger partial charge in [0.05, 0.1) is 12.1 Å². The van der Waals surface area contributed by atoms with Crippen molar-refractivity contribution in [1.29, 1.82) is 0 Å². The number of nitrogens with zero attached hydrogens (tertiary/aromatic N) is 2. The van der Waals surface area contributed by atoms with E-state index in [9.17, 15) is 18.0 Å². The van der Waals surface area contributed by atoms with Crippen LogP contribution in [0.3, 0.4) is 0 Å². The van der Waals surface area contributed by atoms with Crippen LogP contribution in [0.1, 0.15) is 21.5 Å². The lowest BCUT2D eigenvalue weighted by atomic mass is 10.1. The van der Waals surface area contributed by atoms with E-state index in [1.165, 1.54) is 28.8 Å². The summed E-state index contributed by atoms with van der Waals surface area (Å²) in [6, 6.07) is 9.52. The van der Waals surface area contributed by atoms with Crippen LogP contribution >= 0.6 is 35.0 Å². The maximum Gasteiger partial charge on any atom is 0.416 e. The zero-order valence-corrected chi connectivity index (χ0v) is 16.1. The van der Waals surface area contributed by atoms with Crippen molar-refractivity contribution < 1.29 is 18.0 Å². The molecule has 1 amide bonds. The monoisotopic (exact) mass is 432 g/mol. The van der Waals surface area contributed by atoms with Crippen LogP contribution in [0.15, 0.2) is 47.5 Å². The molecule has 2 aromatic carbocycles. The quantitative estimate of drug-likeness (QED) is 0.617. The Bertz CT molecular complexity index is 902. The van der Waals surface area contributed by atoms with Crippen molar-refractivity contribution in [3.05, 3.63) is 69.2 Å². The molecule has 27 heavy (non-hydrogen) atoms. The molecule has 3 rings (SSSR count). The summed E-state index contributed by atoms with van der Waals surface area (Å²) in [7, 11) is 0. The van der Waals surface area contributed by atoms with Crippen molar-refractivity contribution in [2.75, 3.05) is 13.1 Å². The third-order valence-corrected chi connectivity index (χ3v) is 5.51. The van der Waals surface area contributed by atoms with Gasteiger partial charge in [-0.15, -0.1) is 0 Å². The third-order valence-electron chi connectivity index (χ3n) is 3.86. The maximum absolute atomic E-state index is 12.9. The molecule has 1 heterocycles. The summed E-state index contributed by atoms with van der Waals surface area (Å²) < 4.78 is 38.7. The van der Waals surface area contributed by atoms with Crippen molar-refractivity contribution in [3.63, 3.8) is 0 Å². The number of halogens is 5. The van der Waals surface area contributed by atoms with Crippen molar-refractivity contribution in [1.82, 2.24) is 4.90 Å². The van der Waals surface area contributed by atoms with Crippen molar-refractivity contribution in [3.8, 4) is 0 Å². The molecule has 0 radical (unpaired) electrons. The third kappa shape index (κ3) is 4.78. The van der Waals surface area contributed by atoms with Gasteiger partial charge < -0.3 is 0 Å². The lowest BCUT2D eigenvalue weighted by Crippen LogP contribution is -2.33. The van der Waals surface area contributed by atoms with Crippen LogP contribution < -0.4 is 0 Å². The van der Waals surface area contributed by atoms with Crippen LogP contribution in [-0.2, 0) is 11.9 Å². The number of benzene rings is 2. The molecule has 0 saturated heterocycles. The van der Waals surface area contributed by atoms with Gasteiger partial charge in [0.25, 0.3) is 5.91 Å². The molecule has 0 aromatic heterocycles. The van der Waals surface area contributed by atoms with Crippen molar-refractivity contribution in [2.45, 2.75) is 11.9 Å². The number of aliphatic imine (C=N–C) groups is 1. The van der Waals surface area contributed by atoms with E-state index in [1.54, 1.807) is 18.2 Å². The van der Waals surface area contributed by atoms with Crippen LogP contribution in [-0.4, -0.2) is 29.1 Å². The molecule has 0 saturated carbocycles. The molecule has 142 valence electrons. The molecule has 3 nitrogen and oxygen atoms in total. The average molecular weight is 433 g/mol. The molecule has 0 spiro atoms. The first kappa shape index (κ1) is 20.0. The van der Waals surface area contributed by atoms with Gasteiger partial charge in [0.2, 0.25) is 0 Å². The summed E-state index contributed by atoms with van der Waals surface area (Å²) in [5, 5.41) is 1.49. The number of hydrogen-bond acceptors (Lipinski definition) is 3. The molecule has 0 fully saturated rings. The summed E-state index contributed by atoms with van der Waals surface area (Å²) >= 11 is 13.3. The van der Waals surface area contributed by atoms with Gasteiger partial charge in [-0.25, -0.2) is 0 Å². The molecule has 0 N–H and O–H groups in total. The van der Waals surface area contributed by atoms with Gasteiger partial charge in [-0.05, 0) is 35.9 Å². The summed E-state index contributed by atoms with van der Waals surface area (Å²) in [6.45, 7) is 0.729. The van der Waals surface area contributed by atoms with Gasteiger partial charge >= 0.3 is 6.18 Å². The number of thioether (sulfide) groups is 1. The van der Waals surface area contributed by atoms with E-state index >= 15 is 0 Å². The molecular formula is C18H13Cl2F3N2OS. The molecule has 1 aliphatic rings. The van der Waals surface area contributed by atoms with Gasteiger partial charge in [-0.2, -0.15) is 13.2 Å². The van der Waals surface area contributed by atoms with E-state index in [0.29, 0.717) is 34.1 Å². The lowest BCUT2D eigenvalue weighted by molar-refractivity contribution is -0.137. The van der Waals surface area contributed by atoms with Crippen LogP contribution in [0, 0.1) is 0 Å². The Morgan fingerprint density at radius 1 is 1.19 bits per heavy atom. The van der Waals surface area contributed by atoms with Crippen molar-refractivity contribution in [2.24, 2.45) is 4.99 Å². The van der Waals surface area contributed by atoms with E-state index in [-0.39, 0.29) is 5.56 Å². The minimum atomic E-state index is -4.50. The first-order valence-electron chi connectivity index (χ1n) is 7.86. The first-order valence-corrected chi connectivity index (χ1v) is 9.60. The SMILES string of the molecule is O=C(c1cccc(C(F)(F)F)c1)N1CCN=C1SCc1ccc(Cl)cc1Cl. The van der Waals surface area contributed by atoms with Crippen molar-refractivity contribution >= 4 is 46.0 Å². The second kappa shape index (κ2) is 8.12. The fourth-order valence-corrected chi connectivity index (χ4v) is 4.11. The van der Waals surface area contributed by atoms with Crippen LogP contribution in [0.4, 0.5) is 13.2 Å². The minimum Gasteiger partial charge on any atom is -0.286 e. The Labute approximate surface area is 168 Å². The molecule has 0 atom stereocenters. The number of alkyl halides is 3. The second-order valence-corrected chi connectivity index (χ2v) is 7.51. The average Bonchev–Trinajstić information content (AvgIpc) is 3.08. The standard InChI is InChI=1S/C18H13Cl2F3N2OS/c19-14-5-4-12(15(20)9-14)10-27-17-24-6-7-25(17)16(26)11-2-1-3-13(8-11)18(21,22)23/h1-5,8-9H,6-7,10H2. The van der Waals surface area contributed by atoms with Crippen LogP contribution in [0.5, 0.6) is 0 Å². The zero-order chi connectivity index (χ0) is 19.6. The Hall–Kier alpha value is -1.70. The van der Waals surface area contributed by atoms with Gasteiger partial charge in [0, 0.05) is 27.9 Å². The Morgan fingerprint density at radius 2 is 1.96 bits per heavy atom. The number of carbonyl (C=O) groups is 1. The summed E-state index contributed by atoms with van der Waals surface area (Å²) in [5.74, 6) is -0.0478. The van der Waals surface area contributed by atoms with E-state index in [1.807, 2.05) is 0 Å². The lowest BCUT2D eigenvalue weighted by Gasteiger charge is -2.19. The van der Waals surface area contributed by atoms with E-state index in [4.69, 9.17) is 23.2 Å². The van der Waals surface area contributed by atoms with Gasteiger partial charge in [0.1, 0.15) is 0 Å². The predicted molar refractivity (Wildman–Crippen MR) is 103 cm³/mol. The molecule has 1 aliphatic heterocycles. The highest BCUT2D eigenvalue weighted by Crippen LogP contribution is 2.31. The number of carbonyl (C=O) groups excluding carboxylic acids is 1. The van der Waals surface area contributed by atoms with Gasteiger partial charge in [-0.3, -0.25) is 14.7 Å². The highest BCUT2D eigenvalue weighted by atomic mass is 35.5. The fraction of sp³-hybridized carbons (Fsp3) is 0.222. The number of rotatable bonds is 3. The smallest absolute Gasteiger partial charge is 0.286 e. The van der Waals surface area contributed by atoms with Gasteiger partial charge in [-0.1, -0.05) is 47.1 Å². The fourth-order valence-electron chi connectivity index (χ4n) is 2.50. The van der Waals surface area contributed by atoms with E-state index < -0.39 is 17.6 Å². The second-order valence-electron chi connectivity index (χ2n) is 5.72. The van der Waals surface area contributed by atoms with Crippen LogP contribution in [0.2, 0.25) is 10.0 Å². The number of hydrogen-bond donors (Lipinski definition) is 0. The molecule has 0 aliphatic carbocycles. The Morgan fingerprint density at radius 3 is 2.67 bits per heavy atom. The summed E-state index contributed by atoms with van der Waals surface area (Å²) in [5.41, 5.74) is -0.0525. The minimum absolute atomic E-state index is 0.0236. The largest absolute Gasteiger partial charge is 0.416 e. The van der Waals surface area contributed by atoms with E-state index in [2.05, 4.69) is 4.99 Å². The number of amides is 1. The molecule has 9 heteroatoms. The summed E-state index contributed by atoms with van der Waals surface area (Å²) in [6.07, 6.45) is -4.50. The Kier molecular flexibility index (Phi) is 6.03. The van der Waals surface area contributed by atoms with Crippen LogP contribution in [0.25, 0.3) is 0 Å². The Balaban J connectivity index is 1.73. The highest BCUT2D eigenvalue weighted by molar-refractivity contribution is 8.13. The zero-order valence-electron chi connectivity index (χ0n) is 13.8. The number of amidine groups is 1. The molecule has 2 aromatic rings. The molecule has 0 bridgehead atoms. The molecule has 0 unspecified atom stereocenters.